The lowest BCUT2D eigenvalue weighted by Crippen LogP contribution is -2.39. The largest absolute Gasteiger partial charge is 0.411 e. The second kappa shape index (κ2) is 5.58. The van der Waals surface area contributed by atoms with E-state index in [2.05, 4.69) is 5.16 Å². The van der Waals surface area contributed by atoms with Crippen LogP contribution in [0, 0.1) is 0 Å². The first-order chi connectivity index (χ1) is 9.10. The second-order valence-corrected chi connectivity index (χ2v) is 6.21. The summed E-state index contributed by atoms with van der Waals surface area (Å²) in [6.45, 7) is 0.435. The highest BCUT2D eigenvalue weighted by Crippen LogP contribution is 2.29. The lowest BCUT2D eigenvalue weighted by molar-refractivity contribution is 0.217. The van der Waals surface area contributed by atoms with Crippen LogP contribution in [0.1, 0.15) is 12.0 Å². The Labute approximate surface area is 112 Å². The fourth-order valence-corrected chi connectivity index (χ4v) is 3.52. The predicted molar refractivity (Wildman–Crippen MR) is 72.4 cm³/mol. The molecule has 1 aromatic rings. The monoisotopic (exact) mass is 284 g/mol. The third-order valence-electron chi connectivity index (χ3n) is 3.04. The minimum atomic E-state index is -3.42. The summed E-state index contributed by atoms with van der Waals surface area (Å²) in [5, 5.41) is 12.2. The van der Waals surface area contributed by atoms with Crippen LogP contribution in [-0.4, -0.2) is 45.4 Å². The quantitative estimate of drug-likeness (QED) is 0.662. The van der Waals surface area contributed by atoms with E-state index in [-0.39, 0.29) is 18.9 Å². The Morgan fingerprint density at radius 3 is 2.84 bits per heavy atom. The fourth-order valence-electron chi connectivity index (χ4n) is 2.09. The van der Waals surface area contributed by atoms with Gasteiger partial charge < -0.3 is 9.94 Å². The van der Waals surface area contributed by atoms with E-state index in [1.165, 1.54) is 11.4 Å². The van der Waals surface area contributed by atoms with Crippen molar-refractivity contribution in [2.45, 2.75) is 6.42 Å². The first kappa shape index (κ1) is 13.8. The van der Waals surface area contributed by atoms with Crippen molar-refractivity contribution < 1.29 is 18.4 Å². The number of sulfonamides is 1. The Morgan fingerprint density at radius 1 is 1.42 bits per heavy atom. The number of oxime groups is 1. The highest BCUT2D eigenvalue weighted by molar-refractivity contribution is 7.92. The zero-order valence-electron chi connectivity index (χ0n) is 10.6. The summed E-state index contributed by atoms with van der Waals surface area (Å²) in [7, 11) is -1.95. The molecular weight excluding hydrogens is 268 g/mol. The van der Waals surface area contributed by atoms with E-state index in [1.54, 1.807) is 24.3 Å². The Morgan fingerprint density at radius 2 is 2.16 bits per heavy atom. The molecule has 0 saturated carbocycles. The van der Waals surface area contributed by atoms with Crippen LogP contribution >= 0.6 is 0 Å². The number of anilines is 1. The van der Waals surface area contributed by atoms with E-state index >= 15 is 0 Å². The number of hydrogen-bond acceptors (Lipinski definition) is 5. The fraction of sp³-hybridized carbons (Fsp3) is 0.417. The summed E-state index contributed by atoms with van der Waals surface area (Å²) in [5.41, 5.74) is 1.71. The number of ether oxygens (including phenoxy) is 1. The molecule has 0 unspecified atom stereocenters. The molecule has 1 heterocycles. The molecule has 19 heavy (non-hydrogen) atoms. The van der Waals surface area contributed by atoms with E-state index in [9.17, 15) is 8.42 Å². The lowest BCUT2D eigenvalue weighted by atomic mass is 10.0. The zero-order chi connectivity index (χ0) is 13.9. The molecule has 6 nitrogen and oxygen atoms in total. The molecule has 0 atom stereocenters. The summed E-state index contributed by atoms with van der Waals surface area (Å²) >= 11 is 0. The van der Waals surface area contributed by atoms with Crippen LogP contribution in [0.5, 0.6) is 0 Å². The van der Waals surface area contributed by atoms with Crippen LogP contribution in [0.15, 0.2) is 29.4 Å². The maximum atomic E-state index is 12.2. The smallest absolute Gasteiger partial charge is 0.237 e. The van der Waals surface area contributed by atoms with Gasteiger partial charge in [0.25, 0.3) is 0 Å². The molecule has 2 rings (SSSR count). The molecule has 1 N–H and O–H groups in total. The molecule has 0 bridgehead atoms. The molecule has 0 spiro atoms. The van der Waals surface area contributed by atoms with E-state index in [4.69, 9.17) is 9.94 Å². The maximum absolute atomic E-state index is 12.2. The van der Waals surface area contributed by atoms with E-state index in [1.807, 2.05) is 0 Å². The van der Waals surface area contributed by atoms with Gasteiger partial charge in [-0.3, -0.25) is 4.31 Å². The molecule has 0 amide bonds. The summed E-state index contributed by atoms with van der Waals surface area (Å²) in [4.78, 5) is 0. The lowest BCUT2D eigenvalue weighted by Gasteiger charge is -2.30. The molecule has 1 aliphatic heterocycles. The molecule has 7 heteroatoms. The topological polar surface area (TPSA) is 79.2 Å². The van der Waals surface area contributed by atoms with Gasteiger partial charge in [-0.05, 0) is 6.07 Å². The Kier molecular flexibility index (Phi) is 4.06. The standard InChI is InChI=1S/C12H16N2O4S/c1-18-8-9-19(16,17)14-7-6-11(13-15)10-4-2-3-5-12(10)14/h2-5,15H,6-9H2,1H3. The van der Waals surface area contributed by atoms with Gasteiger partial charge in [-0.25, -0.2) is 8.42 Å². The second-order valence-electron chi connectivity index (χ2n) is 4.19. The van der Waals surface area contributed by atoms with Gasteiger partial charge in [0, 0.05) is 25.6 Å². The third-order valence-corrected chi connectivity index (χ3v) is 4.77. The van der Waals surface area contributed by atoms with Crippen molar-refractivity contribution in [3.63, 3.8) is 0 Å². The molecule has 0 fully saturated rings. The number of methoxy groups -OCH3 is 1. The highest BCUT2D eigenvalue weighted by atomic mass is 32.2. The number of benzene rings is 1. The third kappa shape index (κ3) is 2.71. The molecule has 0 aliphatic carbocycles. The summed E-state index contributed by atoms with van der Waals surface area (Å²) in [6.07, 6.45) is 0.389. The van der Waals surface area contributed by atoms with Gasteiger partial charge in [0.2, 0.25) is 10.0 Å². The first-order valence-electron chi connectivity index (χ1n) is 5.90. The normalized spacial score (nSPS) is 17.5. The number of para-hydroxylation sites is 1. The molecule has 104 valence electrons. The average Bonchev–Trinajstić information content (AvgIpc) is 2.43. The zero-order valence-corrected chi connectivity index (χ0v) is 11.4. The highest BCUT2D eigenvalue weighted by Gasteiger charge is 2.29. The Bertz CT molecular complexity index is 583. The van der Waals surface area contributed by atoms with Gasteiger partial charge in [0.05, 0.1) is 23.8 Å². The number of nitrogens with zero attached hydrogens (tertiary/aromatic N) is 2. The van der Waals surface area contributed by atoms with E-state index in [0.29, 0.717) is 23.4 Å². The van der Waals surface area contributed by atoms with E-state index < -0.39 is 10.0 Å². The van der Waals surface area contributed by atoms with Crippen LogP contribution < -0.4 is 4.31 Å². The van der Waals surface area contributed by atoms with Gasteiger partial charge >= 0.3 is 0 Å². The van der Waals surface area contributed by atoms with Crippen molar-refractivity contribution in [2.24, 2.45) is 5.16 Å². The number of fused-ring (bicyclic) bond motifs is 1. The van der Waals surface area contributed by atoms with Gasteiger partial charge in [-0.2, -0.15) is 0 Å². The summed E-state index contributed by atoms with van der Waals surface area (Å²) < 4.78 is 30.7. The molecule has 0 saturated heterocycles. The molecule has 1 aliphatic rings. The molecule has 1 aromatic carbocycles. The van der Waals surface area contributed by atoms with Crippen molar-refractivity contribution in [1.82, 2.24) is 0 Å². The van der Waals surface area contributed by atoms with Crippen LogP contribution in [0.3, 0.4) is 0 Å². The van der Waals surface area contributed by atoms with Crippen LogP contribution in [-0.2, 0) is 14.8 Å². The van der Waals surface area contributed by atoms with Crippen LogP contribution in [0.25, 0.3) is 0 Å². The van der Waals surface area contributed by atoms with Crippen LogP contribution in [0.2, 0.25) is 0 Å². The minimum Gasteiger partial charge on any atom is -0.411 e. The predicted octanol–water partition coefficient (Wildman–Crippen LogP) is 1.05. The summed E-state index contributed by atoms with van der Waals surface area (Å²) in [5.74, 6) is -0.0660. The van der Waals surface area contributed by atoms with Gasteiger partial charge in [0.15, 0.2) is 0 Å². The SMILES string of the molecule is COCCS(=O)(=O)N1CCC(=NO)c2ccccc21. The van der Waals surface area contributed by atoms with Crippen molar-refractivity contribution in [2.75, 3.05) is 30.3 Å². The number of hydrogen-bond donors (Lipinski definition) is 1. The van der Waals surface area contributed by atoms with Gasteiger partial charge in [-0.15, -0.1) is 0 Å². The Hall–Kier alpha value is -1.60. The van der Waals surface area contributed by atoms with Crippen molar-refractivity contribution in [3.05, 3.63) is 29.8 Å². The van der Waals surface area contributed by atoms with Crippen LogP contribution in [0.4, 0.5) is 5.69 Å². The van der Waals surface area contributed by atoms with Crippen molar-refractivity contribution in [1.29, 1.82) is 0 Å². The number of rotatable bonds is 4. The van der Waals surface area contributed by atoms with Crippen molar-refractivity contribution in [3.8, 4) is 0 Å². The molecule has 0 aromatic heterocycles. The Balaban J connectivity index is 2.40. The minimum absolute atomic E-state index is 0.0660. The first-order valence-corrected chi connectivity index (χ1v) is 7.51. The van der Waals surface area contributed by atoms with Gasteiger partial charge in [0.1, 0.15) is 0 Å². The summed E-state index contributed by atoms with van der Waals surface area (Å²) in [6, 6.07) is 7.01. The van der Waals surface area contributed by atoms with Crippen molar-refractivity contribution >= 4 is 21.4 Å². The van der Waals surface area contributed by atoms with E-state index in [0.717, 1.165) is 0 Å². The van der Waals surface area contributed by atoms with Gasteiger partial charge in [-0.1, -0.05) is 23.4 Å². The average molecular weight is 284 g/mol. The maximum Gasteiger partial charge on any atom is 0.237 e. The molecular formula is C12H16N2O4S. The molecule has 0 radical (unpaired) electrons.